The van der Waals surface area contributed by atoms with Crippen molar-refractivity contribution >= 4 is 11.5 Å². The van der Waals surface area contributed by atoms with Crippen LogP contribution < -0.4 is 5.73 Å². The normalized spacial score (nSPS) is 10.6. The van der Waals surface area contributed by atoms with Gasteiger partial charge in [-0.05, 0) is 12.1 Å². The summed E-state index contributed by atoms with van der Waals surface area (Å²) in [6.07, 6.45) is 4.05. The number of ketones is 1. The number of anilines is 1. The number of aromatic nitrogens is 2. The molecule has 0 unspecified atom stereocenters. The number of carbonyl (C=O) groups is 1. The number of furan rings is 1. The van der Waals surface area contributed by atoms with Gasteiger partial charge < -0.3 is 10.2 Å². The summed E-state index contributed by atoms with van der Waals surface area (Å²) in [4.78, 5) is 11.0. The second-order valence-corrected chi connectivity index (χ2v) is 3.61. The van der Waals surface area contributed by atoms with Crippen molar-refractivity contribution in [1.29, 1.82) is 0 Å². The van der Waals surface area contributed by atoms with Crippen LogP contribution in [0.1, 0.15) is 23.2 Å². The van der Waals surface area contributed by atoms with E-state index >= 15 is 0 Å². The van der Waals surface area contributed by atoms with Gasteiger partial charge in [0.05, 0.1) is 11.9 Å². The smallest absolute Gasteiger partial charge is 0.194 e. The molecule has 0 fully saturated rings. The molecule has 16 heavy (non-hydrogen) atoms. The lowest BCUT2D eigenvalue weighted by Gasteiger charge is -1.98. The molecular formula is C11H13N3O2. The molecule has 2 N–H and O–H groups in total. The van der Waals surface area contributed by atoms with Crippen LogP contribution in [0.3, 0.4) is 0 Å². The first-order valence-corrected chi connectivity index (χ1v) is 5.03. The maximum absolute atomic E-state index is 11.0. The number of Topliss-reactive ketones (excluding diaryl/α,β-unsaturated/α-hetero) is 1. The van der Waals surface area contributed by atoms with Crippen LogP contribution in [0.15, 0.2) is 28.9 Å². The van der Waals surface area contributed by atoms with E-state index in [1.807, 2.05) is 6.07 Å². The minimum atomic E-state index is -0.0606. The highest BCUT2D eigenvalue weighted by molar-refractivity contribution is 5.91. The highest BCUT2D eigenvalue weighted by Crippen LogP contribution is 2.10. The zero-order valence-corrected chi connectivity index (χ0v) is 9.01. The summed E-state index contributed by atoms with van der Waals surface area (Å²) in [7, 11) is 0. The summed E-state index contributed by atoms with van der Waals surface area (Å²) in [5.41, 5.74) is 6.18. The summed E-state index contributed by atoms with van der Waals surface area (Å²) >= 11 is 0. The van der Waals surface area contributed by atoms with Gasteiger partial charge >= 0.3 is 0 Å². The van der Waals surface area contributed by atoms with Gasteiger partial charge in [0.25, 0.3) is 0 Å². The van der Waals surface area contributed by atoms with Crippen LogP contribution in [0.2, 0.25) is 0 Å². The van der Waals surface area contributed by atoms with E-state index in [4.69, 9.17) is 10.2 Å². The molecule has 0 aromatic carbocycles. The van der Waals surface area contributed by atoms with Gasteiger partial charge in [-0.25, -0.2) is 0 Å². The Morgan fingerprint density at radius 2 is 2.38 bits per heavy atom. The number of carbonyl (C=O) groups excluding carboxylic acids is 1. The van der Waals surface area contributed by atoms with Crippen LogP contribution in [-0.2, 0) is 13.0 Å². The Morgan fingerprint density at radius 3 is 2.94 bits per heavy atom. The molecule has 5 nitrogen and oxygen atoms in total. The lowest BCUT2D eigenvalue weighted by atomic mass is 10.3. The minimum absolute atomic E-state index is 0.0606. The summed E-state index contributed by atoms with van der Waals surface area (Å²) < 4.78 is 7.09. The summed E-state index contributed by atoms with van der Waals surface area (Å²) in [5, 5.41) is 4.06. The van der Waals surface area contributed by atoms with E-state index in [2.05, 4.69) is 5.10 Å². The third kappa shape index (κ3) is 2.31. The van der Waals surface area contributed by atoms with E-state index in [9.17, 15) is 4.79 Å². The molecule has 2 aromatic rings. The van der Waals surface area contributed by atoms with Crippen LogP contribution in [0.5, 0.6) is 0 Å². The first kappa shape index (κ1) is 10.5. The van der Waals surface area contributed by atoms with E-state index < -0.39 is 0 Å². The second-order valence-electron chi connectivity index (χ2n) is 3.61. The molecule has 0 amide bonds. The molecule has 0 bridgehead atoms. The molecule has 0 aliphatic heterocycles. The number of nitrogens with two attached hydrogens (primary N) is 1. The average Bonchev–Trinajstić information content (AvgIpc) is 2.83. The number of hydrogen-bond donors (Lipinski definition) is 1. The van der Waals surface area contributed by atoms with Crippen molar-refractivity contribution in [2.75, 3.05) is 5.73 Å². The number of rotatable bonds is 4. The monoisotopic (exact) mass is 219 g/mol. The Kier molecular flexibility index (Phi) is 2.76. The van der Waals surface area contributed by atoms with Crippen LogP contribution in [0.25, 0.3) is 0 Å². The molecule has 2 heterocycles. The lowest BCUT2D eigenvalue weighted by molar-refractivity contribution is 0.0985. The van der Waals surface area contributed by atoms with Crippen LogP contribution >= 0.6 is 0 Å². The summed E-state index contributed by atoms with van der Waals surface area (Å²) in [6, 6.07) is 3.50. The number of hydrogen-bond acceptors (Lipinski definition) is 4. The molecule has 2 aromatic heterocycles. The molecular weight excluding hydrogens is 206 g/mol. The van der Waals surface area contributed by atoms with Crippen molar-refractivity contribution in [1.82, 2.24) is 9.78 Å². The van der Waals surface area contributed by atoms with Gasteiger partial charge in [-0.3, -0.25) is 9.48 Å². The Hall–Kier alpha value is -2.04. The topological polar surface area (TPSA) is 74.0 Å². The quantitative estimate of drug-likeness (QED) is 0.791. The Morgan fingerprint density at radius 1 is 1.56 bits per heavy atom. The molecule has 0 spiro atoms. The third-order valence-corrected chi connectivity index (χ3v) is 2.25. The maximum Gasteiger partial charge on any atom is 0.194 e. The largest absolute Gasteiger partial charge is 0.458 e. The highest BCUT2D eigenvalue weighted by Gasteiger charge is 2.06. The predicted octanol–water partition coefficient (Wildman–Crippen LogP) is 1.50. The van der Waals surface area contributed by atoms with Gasteiger partial charge in [0.1, 0.15) is 5.76 Å². The van der Waals surface area contributed by atoms with E-state index in [1.54, 1.807) is 23.1 Å². The zero-order chi connectivity index (χ0) is 11.5. The zero-order valence-electron chi connectivity index (χ0n) is 9.01. The van der Waals surface area contributed by atoms with Crippen molar-refractivity contribution in [3.05, 3.63) is 36.0 Å². The summed E-state index contributed by atoms with van der Waals surface area (Å²) in [5.74, 6) is 1.11. The second kappa shape index (κ2) is 4.22. The minimum Gasteiger partial charge on any atom is -0.458 e. The van der Waals surface area contributed by atoms with Crippen LogP contribution in [0, 0.1) is 0 Å². The van der Waals surface area contributed by atoms with Gasteiger partial charge in [-0.15, -0.1) is 0 Å². The van der Waals surface area contributed by atoms with E-state index in [0.29, 0.717) is 24.4 Å². The Bertz CT molecular complexity index is 499. The molecule has 5 heteroatoms. The molecule has 0 aliphatic rings. The first-order chi connectivity index (χ1) is 7.65. The van der Waals surface area contributed by atoms with Gasteiger partial charge in [0, 0.05) is 26.1 Å². The number of nitrogen functional groups attached to an aromatic ring is 1. The van der Waals surface area contributed by atoms with Gasteiger partial charge in [0.15, 0.2) is 11.5 Å². The van der Waals surface area contributed by atoms with E-state index in [0.717, 1.165) is 5.76 Å². The van der Waals surface area contributed by atoms with Crippen LogP contribution in [-0.4, -0.2) is 15.6 Å². The predicted molar refractivity (Wildman–Crippen MR) is 59.1 cm³/mol. The van der Waals surface area contributed by atoms with Crippen molar-refractivity contribution in [3.8, 4) is 0 Å². The fourth-order valence-electron chi connectivity index (χ4n) is 1.43. The molecule has 2 rings (SSSR count). The fourth-order valence-corrected chi connectivity index (χ4v) is 1.43. The van der Waals surface area contributed by atoms with Crippen molar-refractivity contribution in [2.45, 2.75) is 19.9 Å². The third-order valence-electron chi connectivity index (χ3n) is 2.25. The van der Waals surface area contributed by atoms with Gasteiger partial charge in [-0.2, -0.15) is 5.10 Å². The average molecular weight is 219 g/mol. The van der Waals surface area contributed by atoms with Crippen LogP contribution in [0.4, 0.5) is 5.69 Å². The summed E-state index contributed by atoms with van der Waals surface area (Å²) in [6.45, 7) is 2.17. The molecule has 0 atom stereocenters. The SMILES string of the molecule is CC(=O)c1ccc(CCn2cc(N)cn2)o1. The maximum atomic E-state index is 11.0. The molecule has 0 radical (unpaired) electrons. The highest BCUT2D eigenvalue weighted by atomic mass is 16.3. The molecule has 0 saturated heterocycles. The molecule has 84 valence electrons. The number of aryl methyl sites for hydroxylation is 2. The van der Waals surface area contributed by atoms with Crippen molar-refractivity contribution in [3.63, 3.8) is 0 Å². The Balaban J connectivity index is 1.97. The van der Waals surface area contributed by atoms with E-state index in [-0.39, 0.29) is 5.78 Å². The number of nitrogens with zero attached hydrogens (tertiary/aromatic N) is 2. The van der Waals surface area contributed by atoms with Gasteiger partial charge in [0.2, 0.25) is 0 Å². The fraction of sp³-hybridized carbons (Fsp3) is 0.273. The lowest BCUT2D eigenvalue weighted by Crippen LogP contribution is -2.00. The standard InChI is InChI=1S/C11H13N3O2/c1-8(15)11-3-2-10(16-11)4-5-14-7-9(12)6-13-14/h2-3,6-7H,4-5,12H2,1H3. The van der Waals surface area contributed by atoms with Gasteiger partial charge in [-0.1, -0.05) is 0 Å². The van der Waals surface area contributed by atoms with Crippen molar-refractivity contribution < 1.29 is 9.21 Å². The first-order valence-electron chi connectivity index (χ1n) is 5.03. The van der Waals surface area contributed by atoms with Crippen molar-refractivity contribution in [2.24, 2.45) is 0 Å². The van der Waals surface area contributed by atoms with E-state index in [1.165, 1.54) is 6.92 Å². The molecule has 0 aliphatic carbocycles. The molecule has 0 saturated carbocycles. The Labute approximate surface area is 92.9 Å².